The van der Waals surface area contributed by atoms with E-state index in [0.29, 0.717) is 37.1 Å². The van der Waals surface area contributed by atoms with Crippen molar-refractivity contribution in [1.29, 1.82) is 0 Å². The molecule has 0 saturated carbocycles. The van der Waals surface area contributed by atoms with Gasteiger partial charge in [-0.2, -0.15) is 4.31 Å². The first-order valence-corrected chi connectivity index (χ1v) is 13.8. The van der Waals surface area contributed by atoms with E-state index in [9.17, 15) is 13.2 Å². The molecule has 0 radical (unpaired) electrons. The van der Waals surface area contributed by atoms with Gasteiger partial charge in [-0.3, -0.25) is 4.79 Å². The highest BCUT2D eigenvalue weighted by atomic mass is 32.2. The standard InChI is InChI=1S/C24H34N4O3S2/c1-5-25-20-13-12-19(33(30,31)27(6-2)7-3)16-21(20)26-17-24(29)28-15-14-18(4)32-23-11-9-8-10-22(23)28/h8-13,16,18,25-26H,5-7,14-15,17H2,1-4H3. The predicted octanol–water partition coefficient (Wildman–Crippen LogP) is 4.48. The van der Waals surface area contributed by atoms with E-state index in [-0.39, 0.29) is 17.3 Å². The molecule has 2 aromatic rings. The molecule has 1 atom stereocenters. The van der Waals surface area contributed by atoms with Crippen LogP contribution in [0.25, 0.3) is 0 Å². The highest BCUT2D eigenvalue weighted by molar-refractivity contribution is 8.00. The second-order valence-corrected chi connectivity index (χ2v) is 11.3. The van der Waals surface area contributed by atoms with Gasteiger partial charge in [-0.15, -0.1) is 11.8 Å². The van der Waals surface area contributed by atoms with Crippen LogP contribution in [0.5, 0.6) is 0 Å². The fourth-order valence-electron chi connectivity index (χ4n) is 3.90. The molecule has 0 aliphatic carbocycles. The first-order chi connectivity index (χ1) is 15.8. The summed E-state index contributed by atoms with van der Waals surface area (Å²) in [6.45, 7) is 10.0. The van der Waals surface area contributed by atoms with Crippen LogP contribution in [0, 0.1) is 0 Å². The second kappa shape index (κ2) is 11.3. The molecule has 0 fully saturated rings. The average Bonchev–Trinajstić information content (AvgIpc) is 2.97. The monoisotopic (exact) mass is 490 g/mol. The van der Waals surface area contributed by atoms with Crippen LogP contribution in [0.1, 0.15) is 34.1 Å². The first-order valence-electron chi connectivity index (χ1n) is 11.5. The van der Waals surface area contributed by atoms with Crippen molar-refractivity contribution in [2.45, 2.75) is 49.2 Å². The summed E-state index contributed by atoms with van der Waals surface area (Å²) in [5, 5.41) is 6.88. The summed E-state index contributed by atoms with van der Waals surface area (Å²) in [7, 11) is -3.60. The summed E-state index contributed by atoms with van der Waals surface area (Å²) in [5.74, 6) is -0.0448. The van der Waals surface area contributed by atoms with E-state index in [1.54, 1.807) is 30.0 Å². The van der Waals surface area contributed by atoms with E-state index in [1.807, 2.05) is 43.9 Å². The molecule has 3 rings (SSSR count). The summed E-state index contributed by atoms with van der Waals surface area (Å²) >= 11 is 1.79. The van der Waals surface area contributed by atoms with Crippen molar-refractivity contribution in [3.63, 3.8) is 0 Å². The van der Waals surface area contributed by atoms with Crippen molar-refractivity contribution in [2.24, 2.45) is 0 Å². The van der Waals surface area contributed by atoms with Crippen molar-refractivity contribution in [2.75, 3.05) is 48.3 Å². The third kappa shape index (κ3) is 5.83. The van der Waals surface area contributed by atoms with Gasteiger partial charge in [0.25, 0.3) is 0 Å². The lowest BCUT2D eigenvalue weighted by Gasteiger charge is -2.24. The lowest BCUT2D eigenvalue weighted by molar-refractivity contribution is -0.117. The molecule has 1 aliphatic rings. The second-order valence-electron chi connectivity index (χ2n) is 7.91. The van der Waals surface area contributed by atoms with Crippen molar-refractivity contribution in [3.8, 4) is 0 Å². The molecule has 7 nitrogen and oxygen atoms in total. The first kappa shape index (κ1) is 25.4. The molecule has 0 saturated heterocycles. The number of benzene rings is 2. The van der Waals surface area contributed by atoms with Crippen LogP contribution in [0.3, 0.4) is 0 Å². The minimum atomic E-state index is -3.60. The summed E-state index contributed by atoms with van der Waals surface area (Å²) in [6.07, 6.45) is 0.908. The number of hydrogen-bond acceptors (Lipinski definition) is 6. The largest absolute Gasteiger partial charge is 0.384 e. The van der Waals surface area contributed by atoms with E-state index in [2.05, 4.69) is 23.6 Å². The van der Waals surface area contributed by atoms with Crippen molar-refractivity contribution < 1.29 is 13.2 Å². The molecule has 1 heterocycles. The zero-order chi connectivity index (χ0) is 24.0. The lowest BCUT2D eigenvalue weighted by Crippen LogP contribution is -2.36. The number of fused-ring (bicyclic) bond motifs is 1. The normalized spacial score (nSPS) is 16.3. The molecule has 1 aliphatic heterocycles. The molecule has 1 amide bonds. The summed E-state index contributed by atoms with van der Waals surface area (Å²) in [5.41, 5.74) is 2.30. The van der Waals surface area contributed by atoms with Gasteiger partial charge in [0.1, 0.15) is 0 Å². The Bertz CT molecular complexity index is 1070. The number of rotatable bonds is 9. The number of anilines is 3. The maximum absolute atomic E-state index is 13.3. The number of thioether (sulfide) groups is 1. The van der Waals surface area contributed by atoms with Gasteiger partial charge in [0.05, 0.1) is 28.5 Å². The Morgan fingerprint density at radius 1 is 1.09 bits per heavy atom. The quantitative estimate of drug-likeness (QED) is 0.539. The van der Waals surface area contributed by atoms with Crippen molar-refractivity contribution >= 4 is 44.8 Å². The van der Waals surface area contributed by atoms with Crippen LogP contribution in [0.2, 0.25) is 0 Å². The van der Waals surface area contributed by atoms with Gasteiger partial charge in [-0.25, -0.2) is 8.42 Å². The van der Waals surface area contributed by atoms with Crippen LogP contribution in [0.15, 0.2) is 52.3 Å². The van der Waals surface area contributed by atoms with Crippen LogP contribution in [0.4, 0.5) is 17.1 Å². The number of hydrogen-bond donors (Lipinski definition) is 2. The van der Waals surface area contributed by atoms with Gasteiger partial charge in [-0.05, 0) is 43.7 Å². The zero-order valence-electron chi connectivity index (χ0n) is 19.8. The molecular weight excluding hydrogens is 456 g/mol. The number of nitrogens with zero attached hydrogens (tertiary/aromatic N) is 2. The fraction of sp³-hybridized carbons (Fsp3) is 0.458. The third-order valence-electron chi connectivity index (χ3n) is 5.68. The maximum Gasteiger partial charge on any atom is 0.246 e. The zero-order valence-corrected chi connectivity index (χ0v) is 21.4. The Morgan fingerprint density at radius 3 is 2.52 bits per heavy atom. The number of sulfonamides is 1. The van der Waals surface area contributed by atoms with Gasteiger partial charge in [-0.1, -0.05) is 32.9 Å². The Balaban J connectivity index is 1.85. The van der Waals surface area contributed by atoms with Crippen molar-refractivity contribution in [1.82, 2.24) is 4.31 Å². The van der Waals surface area contributed by atoms with E-state index in [1.165, 1.54) is 4.31 Å². The lowest BCUT2D eigenvalue weighted by atomic mass is 10.2. The van der Waals surface area contributed by atoms with Crippen LogP contribution in [-0.2, 0) is 14.8 Å². The molecule has 0 spiro atoms. The van der Waals surface area contributed by atoms with Crippen molar-refractivity contribution in [3.05, 3.63) is 42.5 Å². The summed E-state index contributed by atoms with van der Waals surface area (Å²) in [4.78, 5) is 16.4. The third-order valence-corrected chi connectivity index (χ3v) is 8.96. The SMILES string of the molecule is CCNc1ccc(S(=O)(=O)N(CC)CC)cc1NCC(=O)N1CCC(C)Sc2ccccc21. The number of carbonyl (C=O) groups excluding carboxylic acids is 1. The number of carbonyl (C=O) groups is 1. The molecule has 180 valence electrons. The van der Waals surface area contributed by atoms with E-state index >= 15 is 0 Å². The van der Waals surface area contributed by atoms with Gasteiger partial charge >= 0.3 is 0 Å². The number of para-hydroxylation sites is 1. The van der Waals surface area contributed by atoms with Gasteiger partial charge in [0.15, 0.2) is 0 Å². The van der Waals surface area contributed by atoms with Crippen LogP contribution in [-0.4, -0.2) is 56.6 Å². The molecule has 0 aromatic heterocycles. The Kier molecular flexibility index (Phi) is 8.67. The molecule has 9 heteroatoms. The van der Waals surface area contributed by atoms with Crippen LogP contribution >= 0.6 is 11.8 Å². The number of amides is 1. The van der Waals surface area contributed by atoms with Gasteiger partial charge in [0, 0.05) is 36.3 Å². The average molecular weight is 491 g/mol. The Morgan fingerprint density at radius 2 is 1.82 bits per heavy atom. The summed E-state index contributed by atoms with van der Waals surface area (Å²) < 4.78 is 27.4. The maximum atomic E-state index is 13.3. The van der Waals surface area contributed by atoms with Crippen LogP contribution < -0.4 is 15.5 Å². The summed E-state index contributed by atoms with van der Waals surface area (Å²) in [6, 6.07) is 13.0. The number of nitrogens with one attached hydrogen (secondary N) is 2. The molecule has 33 heavy (non-hydrogen) atoms. The van der Waals surface area contributed by atoms with E-state index in [4.69, 9.17) is 0 Å². The highest BCUT2D eigenvalue weighted by Crippen LogP contribution is 2.37. The van der Waals surface area contributed by atoms with E-state index in [0.717, 1.165) is 22.7 Å². The predicted molar refractivity (Wildman–Crippen MR) is 138 cm³/mol. The van der Waals surface area contributed by atoms with Gasteiger partial charge < -0.3 is 15.5 Å². The highest BCUT2D eigenvalue weighted by Gasteiger charge is 2.25. The minimum Gasteiger partial charge on any atom is -0.384 e. The molecule has 2 aromatic carbocycles. The molecule has 0 bridgehead atoms. The van der Waals surface area contributed by atoms with Gasteiger partial charge in [0.2, 0.25) is 15.9 Å². The fourth-order valence-corrected chi connectivity index (χ4v) is 6.50. The molecule has 2 N–H and O–H groups in total. The smallest absolute Gasteiger partial charge is 0.246 e. The molecule has 1 unspecified atom stereocenters. The minimum absolute atomic E-state index is 0.0448. The Labute approximate surface area is 202 Å². The molecular formula is C24H34N4O3S2. The Hall–Kier alpha value is -2.23. The topological polar surface area (TPSA) is 81.8 Å². The van der Waals surface area contributed by atoms with E-state index < -0.39 is 10.0 Å².